The first-order valence-corrected chi connectivity index (χ1v) is 7.62. The standard InChI is InChI=1S/C17H19BrN2O/c1-20(2)16(13-7-4-3-5-8-13)12-19-17(21)14-9-6-10-15(18)11-14/h3-11,16H,12H2,1-2H3,(H,19,21). The van der Waals surface area contributed by atoms with Crippen molar-refractivity contribution < 1.29 is 4.79 Å². The molecule has 0 spiro atoms. The molecule has 2 aromatic rings. The van der Waals surface area contributed by atoms with E-state index in [9.17, 15) is 4.79 Å². The Hall–Kier alpha value is -1.65. The number of likely N-dealkylation sites (N-methyl/N-ethyl adjacent to an activating group) is 1. The van der Waals surface area contributed by atoms with Gasteiger partial charge < -0.3 is 10.2 Å². The molecule has 0 radical (unpaired) electrons. The minimum atomic E-state index is -0.0564. The van der Waals surface area contributed by atoms with Gasteiger partial charge in [-0.3, -0.25) is 4.79 Å². The van der Waals surface area contributed by atoms with Gasteiger partial charge in [-0.15, -0.1) is 0 Å². The van der Waals surface area contributed by atoms with Crippen molar-refractivity contribution in [3.05, 3.63) is 70.2 Å². The molecule has 0 heterocycles. The van der Waals surface area contributed by atoms with Crippen molar-refractivity contribution in [2.75, 3.05) is 20.6 Å². The summed E-state index contributed by atoms with van der Waals surface area (Å²) in [4.78, 5) is 14.3. The lowest BCUT2D eigenvalue weighted by Crippen LogP contribution is -2.34. The zero-order valence-electron chi connectivity index (χ0n) is 12.2. The van der Waals surface area contributed by atoms with E-state index in [1.807, 2.05) is 56.6 Å². The van der Waals surface area contributed by atoms with Gasteiger partial charge in [0.25, 0.3) is 5.91 Å². The van der Waals surface area contributed by atoms with Crippen LogP contribution in [0.5, 0.6) is 0 Å². The van der Waals surface area contributed by atoms with Crippen LogP contribution in [-0.4, -0.2) is 31.4 Å². The van der Waals surface area contributed by atoms with Crippen molar-refractivity contribution in [1.29, 1.82) is 0 Å². The van der Waals surface area contributed by atoms with Crippen LogP contribution < -0.4 is 5.32 Å². The number of halogens is 1. The fraction of sp³-hybridized carbons (Fsp3) is 0.235. The van der Waals surface area contributed by atoms with Crippen LogP contribution in [0.25, 0.3) is 0 Å². The molecule has 2 aromatic carbocycles. The van der Waals surface area contributed by atoms with Crippen LogP contribution in [0.2, 0.25) is 0 Å². The summed E-state index contributed by atoms with van der Waals surface area (Å²) in [5.74, 6) is -0.0564. The lowest BCUT2D eigenvalue weighted by Gasteiger charge is -2.25. The van der Waals surface area contributed by atoms with Crippen molar-refractivity contribution in [3.8, 4) is 0 Å². The fourth-order valence-electron chi connectivity index (χ4n) is 2.19. The van der Waals surface area contributed by atoms with Gasteiger partial charge in [-0.1, -0.05) is 52.3 Å². The first kappa shape index (κ1) is 15.7. The van der Waals surface area contributed by atoms with Crippen LogP contribution in [0.1, 0.15) is 22.0 Å². The molecule has 1 amide bonds. The first-order valence-electron chi connectivity index (χ1n) is 6.83. The smallest absolute Gasteiger partial charge is 0.251 e. The van der Waals surface area contributed by atoms with E-state index < -0.39 is 0 Å². The second-order valence-electron chi connectivity index (χ2n) is 5.11. The van der Waals surface area contributed by atoms with Gasteiger partial charge in [-0.25, -0.2) is 0 Å². The number of hydrogen-bond donors (Lipinski definition) is 1. The van der Waals surface area contributed by atoms with Crippen molar-refractivity contribution in [1.82, 2.24) is 10.2 Å². The van der Waals surface area contributed by atoms with Crippen molar-refractivity contribution in [2.24, 2.45) is 0 Å². The van der Waals surface area contributed by atoms with E-state index in [1.165, 1.54) is 5.56 Å². The molecule has 0 aliphatic rings. The van der Waals surface area contributed by atoms with Crippen LogP contribution in [0.4, 0.5) is 0 Å². The number of carbonyl (C=O) groups excluding carboxylic acids is 1. The van der Waals surface area contributed by atoms with Crippen molar-refractivity contribution >= 4 is 21.8 Å². The molecule has 0 fully saturated rings. The van der Waals surface area contributed by atoms with Crippen LogP contribution in [0.3, 0.4) is 0 Å². The highest BCUT2D eigenvalue weighted by Crippen LogP contribution is 2.17. The van der Waals surface area contributed by atoms with Gasteiger partial charge in [0.15, 0.2) is 0 Å². The van der Waals surface area contributed by atoms with Gasteiger partial charge in [-0.2, -0.15) is 0 Å². The second kappa shape index (κ2) is 7.38. The third kappa shape index (κ3) is 4.41. The molecule has 0 bridgehead atoms. The van der Waals surface area contributed by atoms with Gasteiger partial charge >= 0.3 is 0 Å². The average Bonchev–Trinajstić information content (AvgIpc) is 2.48. The Morgan fingerprint density at radius 1 is 1.14 bits per heavy atom. The summed E-state index contributed by atoms with van der Waals surface area (Å²) in [5.41, 5.74) is 1.85. The molecule has 3 nitrogen and oxygen atoms in total. The Labute approximate surface area is 134 Å². The Morgan fingerprint density at radius 2 is 1.86 bits per heavy atom. The quantitative estimate of drug-likeness (QED) is 0.898. The molecule has 21 heavy (non-hydrogen) atoms. The lowest BCUT2D eigenvalue weighted by molar-refractivity contribution is 0.0942. The number of nitrogens with zero attached hydrogens (tertiary/aromatic N) is 1. The van der Waals surface area contributed by atoms with E-state index in [0.29, 0.717) is 12.1 Å². The van der Waals surface area contributed by atoms with Crippen molar-refractivity contribution in [3.63, 3.8) is 0 Å². The highest BCUT2D eigenvalue weighted by molar-refractivity contribution is 9.10. The molecule has 4 heteroatoms. The third-order valence-electron chi connectivity index (χ3n) is 3.35. The summed E-state index contributed by atoms with van der Waals surface area (Å²) < 4.78 is 0.905. The topological polar surface area (TPSA) is 32.3 Å². The van der Waals surface area contributed by atoms with Gasteiger partial charge in [0.05, 0.1) is 6.04 Å². The number of carbonyl (C=O) groups is 1. The summed E-state index contributed by atoms with van der Waals surface area (Å²) in [7, 11) is 4.03. The van der Waals surface area contributed by atoms with Crippen LogP contribution in [0.15, 0.2) is 59.1 Å². The van der Waals surface area contributed by atoms with E-state index in [-0.39, 0.29) is 11.9 Å². The molecule has 2 rings (SSSR count). The highest BCUT2D eigenvalue weighted by atomic mass is 79.9. The maximum atomic E-state index is 12.2. The van der Waals surface area contributed by atoms with Gasteiger partial charge in [0, 0.05) is 16.6 Å². The zero-order valence-corrected chi connectivity index (χ0v) is 13.8. The predicted octanol–water partition coefficient (Wildman–Crippen LogP) is 3.48. The maximum absolute atomic E-state index is 12.2. The van der Waals surface area contributed by atoms with Crippen molar-refractivity contribution in [2.45, 2.75) is 6.04 Å². The minimum Gasteiger partial charge on any atom is -0.350 e. The largest absolute Gasteiger partial charge is 0.350 e. The molecule has 0 aromatic heterocycles. The molecular weight excluding hydrogens is 328 g/mol. The summed E-state index contributed by atoms with van der Waals surface area (Å²) in [6, 6.07) is 17.7. The van der Waals surface area contributed by atoms with Crippen LogP contribution in [-0.2, 0) is 0 Å². The average molecular weight is 347 g/mol. The van der Waals surface area contributed by atoms with Crippen LogP contribution in [0, 0.1) is 0 Å². The molecule has 1 unspecified atom stereocenters. The number of benzene rings is 2. The fourth-order valence-corrected chi connectivity index (χ4v) is 2.59. The molecule has 1 N–H and O–H groups in total. The molecule has 0 saturated carbocycles. The normalized spacial score (nSPS) is 12.2. The number of nitrogens with one attached hydrogen (secondary N) is 1. The summed E-state index contributed by atoms with van der Waals surface area (Å²) in [5, 5.41) is 3.00. The highest BCUT2D eigenvalue weighted by Gasteiger charge is 2.15. The third-order valence-corrected chi connectivity index (χ3v) is 3.84. The number of hydrogen-bond acceptors (Lipinski definition) is 2. The summed E-state index contributed by atoms with van der Waals surface area (Å²) in [6.45, 7) is 0.572. The molecule has 0 aliphatic carbocycles. The molecule has 0 aliphatic heterocycles. The van der Waals surface area contributed by atoms with Gasteiger partial charge in [0.2, 0.25) is 0 Å². The Morgan fingerprint density at radius 3 is 2.48 bits per heavy atom. The van der Waals surface area contributed by atoms with E-state index in [2.05, 4.69) is 38.3 Å². The summed E-state index contributed by atoms with van der Waals surface area (Å²) in [6.07, 6.45) is 0. The summed E-state index contributed by atoms with van der Waals surface area (Å²) >= 11 is 3.38. The Kier molecular flexibility index (Phi) is 5.53. The number of amides is 1. The lowest BCUT2D eigenvalue weighted by atomic mass is 10.1. The van der Waals surface area contributed by atoms with Crippen LogP contribution >= 0.6 is 15.9 Å². The molecule has 1 atom stereocenters. The van der Waals surface area contributed by atoms with E-state index in [1.54, 1.807) is 0 Å². The molecular formula is C17H19BrN2O. The number of rotatable bonds is 5. The second-order valence-corrected chi connectivity index (χ2v) is 6.03. The maximum Gasteiger partial charge on any atom is 0.251 e. The SMILES string of the molecule is CN(C)C(CNC(=O)c1cccc(Br)c1)c1ccccc1. The van der Waals surface area contributed by atoms with Gasteiger partial charge in [0.1, 0.15) is 0 Å². The first-order chi connectivity index (χ1) is 10.1. The van der Waals surface area contributed by atoms with Gasteiger partial charge in [-0.05, 0) is 37.9 Å². The minimum absolute atomic E-state index is 0.0564. The van der Waals surface area contributed by atoms with E-state index in [4.69, 9.17) is 0 Å². The predicted molar refractivity (Wildman–Crippen MR) is 89.3 cm³/mol. The molecule has 0 saturated heterocycles. The Balaban J connectivity index is 2.04. The van der Waals surface area contributed by atoms with E-state index in [0.717, 1.165) is 4.47 Å². The van der Waals surface area contributed by atoms with E-state index >= 15 is 0 Å². The Bertz CT molecular complexity index is 599. The monoisotopic (exact) mass is 346 g/mol. The zero-order chi connectivity index (χ0) is 15.2. The molecule has 110 valence electrons.